The SMILES string of the molecule is CNc1nc2ccccc2cc1CN(C)C(C)C(C)(C)C. The van der Waals surface area contributed by atoms with E-state index in [0.29, 0.717) is 6.04 Å². The highest BCUT2D eigenvalue weighted by atomic mass is 15.1. The molecular formula is C18H27N3. The van der Waals surface area contributed by atoms with Crippen LogP contribution in [0.3, 0.4) is 0 Å². The minimum Gasteiger partial charge on any atom is -0.373 e. The van der Waals surface area contributed by atoms with Gasteiger partial charge < -0.3 is 5.32 Å². The van der Waals surface area contributed by atoms with Crippen molar-refractivity contribution in [1.82, 2.24) is 9.88 Å². The third-order valence-corrected chi connectivity index (χ3v) is 4.37. The zero-order valence-corrected chi connectivity index (χ0v) is 14.1. The maximum absolute atomic E-state index is 4.73. The molecule has 1 atom stereocenters. The summed E-state index contributed by atoms with van der Waals surface area (Å²) in [6, 6.07) is 11.0. The molecule has 1 unspecified atom stereocenters. The number of benzene rings is 1. The van der Waals surface area contributed by atoms with Crippen LogP contribution in [0.1, 0.15) is 33.3 Å². The van der Waals surface area contributed by atoms with Gasteiger partial charge in [-0.05, 0) is 31.5 Å². The van der Waals surface area contributed by atoms with E-state index >= 15 is 0 Å². The van der Waals surface area contributed by atoms with Crippen LogP contribution < -0.4 is 5.32 Å². The molecule has 0 aliphatic heterocycles. The number of pyridine rings is 1. The first-order chi connectivity index (χ1) is 9.82. The second-order valence-corrected chi connectivity index (χ2v) is 6.90. The minimum atomic E-state index is 0.263. The van der Waals surface area contributed by atoms with E-state index in [-0.39, 0.29) is 5.41 Å². The Bertz CT molecular complexity index is 613. The zero-order valence-electron chi connectivity index (χ0n) is 14.1. The molecule has 1 N–H and O–H groups in total. The molecule has 3 heteroatoms. The van der Waals surface area contributed by atoms with Gasteiger partial charge in [-0.3, -0.25) is 4.90 Å². The molecule has 0 radical (unpaired) electrons. The normalized spacial score (nSPS) is 13.7. The Hall–Kier alpha value is -1.61. The second kappa shape index (κ2) is 6.02. The fraction of sp³-hybridized carbons (Fsp3) is 0.500. The van der Waals surface area contributed by atoms with Crippen LogP contribution in [0.4, 0.5) is 5.82 Å². The topological polar surface area (TPSA) is 28.2 Å². The van der Waals surface area contributed by atoms with E-state index in [1.165, 1.54) is 10.9 Å². The highest BCUT2D eigenvalue weighted by Gasteiger charge is 2.24. The molecule has 0 spiro atoms. The molecule has 114 valence electrons. The summed E-state index contributed by atoms with van der Waals surface area (Å²) in [6.45, 7) is 10.0. The standard InChI is InChI=1S/C18H27N3/c1-13(18(2,3)4)21(6)12-15-11-14-9-7-8-10-16(14)20-17(15)19-5/h7-11,13H,12H2,1-6H3,(H,19,20). The largest absolute Gasteiger partial charge is 0.373 e. The van der Waals surface area contributed by atoms with E-state index in [9.17, 15) is 0 Å². The Morgan fingerprint density at radius 3 is 2.52 bits per heavy atom. The summed E-state index contributed by atoms with van der Waals surface area (Å²) in [6.07, 6.45) is 0. The zero-order chi connectivity index (χ0) is 15.6. The number of aromatic nitrogens is 1. The van der Waals surface area contributed by atoms with Crippen molar-refractivity contribution in [3.05, 3.63) is 35.9 Å². The summed E-state index contributed by atoms with van der Waals surface area (Å²) in [4.78, 5) is 7.13. The van der Waals surface area contributed by atoms with Crippen LogP contribution >= 0.6 is 0 Å². The molecule has 1 aromatic heterocycles. The highest BCUT2D eigenvalue weighted by molar-refractivity contribution is 5.81. The lowest BCUT2D eigenvalue weighted by Gasteiger charge is -2.35. The molecule has 1 heterocycles. The number of hydrogen-bond acceptors (Lipinski definition) is 3. The van der Waals surface area contributed by atoms with Crippen molar-refractivity contribution in [2.24, 2.45) is 5.41 Å². The smallest absolute Gasteiger partial charge is 0.130 e. The van der Waals surface area contributed by atoms with Crippen molar-refractivity contribution in [3.8, 4) is 0 Å². The van der Waals surface area contributed by atoms with Gasteiger partial charge in [0, 0.05) is 30.6 Å². The molecule has 0 aliphatic rings. The summed E-state index contributed by atoms with van der Waals surface area (Å²) < 4.78 is 0. The van der Waals surface area contributed by atoms with Gasteiger partial charge >= 0.3 is 0 Å². The Labute approximate surface area is 128 Å². The van der Waals surface area contributed by atoms with Crippen molar-refractivity contribution in [2.75, 3.05) is 19.4 Å². The summed E-state index contributed by atoms with van der Waals surface area (Å²) in [5.41, 5.74) is 2.55. The Morgan fingerprint density at radius 1 is 1.24 bits per heavy atom. The molecule has 1 aromatic carbocycles. The van der Waals surface area contributed by atoms with E-state index in [0.717, 1.165) is 17.9 Å². The van der Waals surface area contributed by atoms with E-state index in [4.69, 9.17) is 4.98 Å². The second-order valence-electron chi connectivity index (χ2n) is 6.90. The lowest BCUT2D eigenvalue weighted by atomic mass is 9.87. The van der Waals surface area contributed by atoms with Crippen molar-refractivity contribution in [2.45, 2.75) is 40.3 Å². The van der Waals surface area contributed by atoms with Gasteiger partial charge in [0.15, 0.2) is 0 Å². The fourth-order valence-corrected chi connectivity index (χ4v) is 2.56. The number of para-hydroxylation sites is 1. The van der Waals surface area contributed by atoms with E-state index in [1.807, 2.05) is 13.1 Å². The first-order valence-electron chi connectivity index (χ1n) is 7.59. The third kappa shape index (κ3) is 3.53. The molecule has 0 aliphatic carbocycles. The number of rotatable bonds is 4. The number of hydrogen-bond donors (Lipinski definition) is 1. The molecule has 0 bridgehead atoms. The molecule has 0 fully saturated rings. The first kappa shape index (κ1) is 15.8. The Kier molecular flexibility index (Phi) is 4.52. The van der Waals surface area contributed by atoms with Crippen molar-refractivity contribution in [3.63, 3.8) is 0 Å². The van der Waals surface area contributed by atoms with Crippen LogP contribution in [0, 0.1) is 5.41 Å². The number of nitrogens with one attached hydrogen (secondary N) is 1. The van der Waals surface area contributed by atoms with Crippen LogP contribution in [0.15, 0.2) is 30.3 Å². The van der Waals surface area contributed by atoms with Gasteiger partial charge in [-0.1, -0.05) is 39.0 Å². The van der Waals surface area contributed by atoms with E-state index in [1.54, 1.807) is 0 Å². The molecule has 0 amide bonds. The highest BCUT2D eigenvalue weighted by Crippen LogP contribution is 2.26. The van der Waals surface area contributed by atoms with Gasteiger partial charge in [0.2, 0.25) is 0 Å². The summed E-state index contributed by atoms with van der Waals surface area (Å²) in [5.74, 6) is 0.974. The minimum absolute atomic E-state index is 0.263. The lowest BCUT2D eigenvalue weighted by Crippen LogP contribution is -2.38. The van der Waals surface area contributed by atoms with Gasteiger partial charge in [-0.2, -0.15) is 0 Å². The average Bonchev–Trinajstić information content (AvgIpc) is 2.44. The van der Waals surface area contributed by atoms with Crippen LogP contribution in [0.5, 0.6) is 0 Å². The quantitative estimate of drug-likeness (QED) is 0.915. The molecule has 21 heavy (non-hydrogen) atoms. The molecule has 2 aromatic rings. The number of nitrogens with zero attached hydrogens (tertiary/aromatic N) is 2. The van der Waals surface area contributed by atoms with Gasteiger partial charge in [0.1, 0.15) is 5.82 Å². The van der Waals surface area contributed by atoms with E-state index in [2.05, 4.69) is 69.2 Å². The predicted octanol–water partition coefficient (Wildman–Crippen LogP) is 4.14. The third-order valence-electron chi connectivity index (χ3n) is 4.37. The number of anilines is 1. The van der Waals surface area contributed by atoms with Crippen LogP contribution in [-0.2, 0) is 6.54 Å². The lowest BCUT2D eigenvalue weighted by molar-refractivity contribution is 0.135. The molecule has 2 rings (SSSR count). The molecule has 3 nitrogen and oxygen atoms in total. The van der Waals surface area contributed by atoms with Crippen LogP contribution in [0.25, 0.3) is 10.9 Å². The maximum Gasteiger partial charge on any atom is 0.130 e. The van der Waals surface area contributed by atoms with Crippen molar-refractivity contribution >= 4 is 16.7 Å². The van der Waals surface area contributed by atoms with Crippen LogP contribution in [0.2, 0.25) is 0 Å². The summed E-state index contributed by atoms with van der Waals surface area (Å²) in [5, 5.41) is 4.43. The van der Waals surface area contributed by atoms with Gasteiger partial charge in [0.25, 0.3) is 0 Å². The Morgan fingerprint density at radius 2 is 1.90 bits per heavy atom. The van der Waals surface area contributed by atoms with Crippen LogP contribution in [-0.4, -0.2) is 30.0 Å². The molecular weight excluding hydrogens is 258 g/mol. The monoisotopic (exact) mass is 285 g/mol. The first-order valence-corrected chi connectivity index (χ1v) is 7.59. The fourth-order valence-electron chi connectivity index (χ4n) is 2.56. The summed E-state index contributed by atoms with van der Waals surface area (Å²) >= 11 is 0. The van der Waals surface area contributed by atoms with Crippen molar-refractivity contribution < 1.29 is 0 Å². The molecule has 0 saturated heterocycles. The van der Waals surface area contributed by atoms with Gasteiger partial charge in [-0.25, -0.2) is 4.98 Å². The van der Waals surface area contributed by atoms with Gasteiger partial charge in [0.05, 0.1) is 5.52 Å². The average molecular weight is 285 g/mol. The summed E-state index contributed by atoms with van der Waals surface area (Å²) in [7, 11) is 4.12. The molecule has 0 saturated carbocycles. The maximum atomic E-state index is 4.73. The van der Waals surface area contributed by atoms with Crippen molar-refractivity contribution in [1.29, 1.82) is 0 Å². The number of fused-ring (bicyclic) bond motifs is 1. The van der Waals surface area contributed by atoms with Gasteiger partial charge in [-0.15, -0.1) is 0 Å². The van der Waals surface area contributed by atoms with E-state index < -0.39 is 0 Å². The predicted molar refractivity (Wildman–Crippen MR) is 91.7 cm³/mol. The Balaban J connectivity index is 2.32.